The van der Waals surface area contributed by atoms with Crippen LogP contribution >= 0.6 is 0 Å². The molecule has 0 aromatic carbocycles. The molecule has 3 aliphatic rings. The van der Waals surface area contributed by atoms with Crippen molar-refractivity contribution in [3.05, 3.63) is 0 Å². The number of ketones is 1. The molecule has 3 rings (SSSR count). The second-order valence-electron chi connectivity index (χ2n) is 9.13. The van der Waals surface area contributed by atoms with Gasteiger partial charge in [-0.25, -0.2) is 8.78 Å². The van der Waals surface area contributed by atoms with Crippen molar-refractivity contribution in [1.82, 2.24) is 20.9 Å². The lowest BCUT2D eigenvalue weighted by Crippen LogP contribution is -2.56. The topological polar surface area (TPSA) is 134 Å². The van der Waals surface area contributed by atoms with Crippen molar-refractivity contribution in [2.45, 2.75) is 57.0 Å². The highest BCUT2D eigenvalue weighted by atomic mass is 19.4. The molecule has 0 spiro atoms. The lowest BCUT2D eigenvalue weighted by molar-refractivity contribution is -0.321. The number of Topliss-reactive ketones (excluding diaryl/α,β-unsaturated/α-hetero) is 1. The molecule has 2 aliphatic heterocycles. The standard InChI is InChI=1S/C21H27F5N4O6/c22-15(23)7-28-19(34)20(35)30-8-11-2-1-3-12(11)16(30)18(33)29-13(6-10-4-5-27-17(10)32)14(31)9-36-21(24,25)26/h10-13,15-16H,1-9H2,(H,27,32)(H,28,34)(H,29,33). The van der Waals surface area contributed by atoms with E-state index in [1.54, 1.807) is 5.32 Å². The molecule has 202 valence electrons. The summed E-state index contributed by atoms with van der Waals surface area (Å²) in [6.45, 7) is -2.12. The van der Waals surface area contributed by atoms with Gasteiger partial charge < -0.3 is 20.9 Å². The highest BCUT2D eigenvalue weighted by molar-refractivity contribution is 6.35. The molecule has 5 atom stereocenters. The molecule has 10 nitrogen and oxygen atoms in total. The first-order valence-electron chi connectivity index (χ1n) is 11.6. The van der Waals surface area contributed by atoms with Crippen LogP contribution in [0.3, 0.4) is 0 Å². The normalized spacial score (nSPS) is 26.5. The Hall–Kier alpha value is -2.84. The van der Waals surface area contributed by atoms with Crippen LogP contribution in [0, 0.1) is 17.8 Å². The van der Waals surface area contributed by atoms with E-state index < -0.39 is 73.4 Å². The summed E-state index contributed by atoms with van der Waals surface area (Å²) in [5, 5.41) is 6.70. The third kappa shape index (κ3) is 6.89. The van der Waals surface area contributed by atoms with Gasteiger partial charge in [0.2, 0.25) is 11.8 Å². The maximum atomic E-state index is 13.3. The quantitative estimate of drug-likeness (QED) is 0.289. The maximum absolute atomic E-state index is 13.3. The van der Waals surface area contributed by atoms with Crippen LogP contribution in [0.4, 0.5) is 22.0 Å². The number of carbonyl (C=O) groups is 5. The van der Waals surface area contributed by atoms with Gasteiger partial charge in [-0.3, -0.25) is 28.7 Å². The van der Waals surface area contributed by atoms with Crippen LogP contribution in [0.15, 0.2) is 0 Å². The predicted octanol–water partition coefficient (Wildman–Crippen LogP) is 0.111. The van der Waals surface area contributed by atoms with Crippen molar-refractivity contribution in [3.63, 3.8) is 0 Å². The van der Waals surface area contributed by atoms with E-state index in [0.717, 1.165) is 11.3 Å². The number of hydrogen-bond donors (Lipinski definition) is 3. The Balaban J connectivity index is 1.76. The second kappa shape index (κ2) is 11.5. The fourth-order valence-electron chi connectivity index (χ4n) is 5.16. The Kier molecular flexibility index (Phi) is 8.84. The van der Waals surface area contributed by atoms with Gasteiger partial charge in [0.15, 0.2) is 5.78 Å². The van der Waals surface area contributed by atoms with E-state index in [-0.39, 0.29) is 24.8 Å². The maximum Gasteiger partial charge on any atom is 0.522 e. The molecular weight excluding hydrogens is 499 g/mol. The molecule has 0 aromatic rings. The molecule has 1 saturated carbocycles. The highest BCUT2D eigenvalue weighted by Crippen LogP contribution is 2.42. The van der Waals surface area contributed by atoms with E-state index in [9.17, 15) is 45.9 Å². The molecular formula is C21H27F5N4O6. The summed E-state index contributed by atoms with van der Waals surface area (Å²) in [7, 11) is 0. The first-order valence-corrected chi connectivity index (χ1v) is 11.6. The minimum absolute atomic E-state index is 0.0184. The van der Waals surface area contributed by atoms with Crippen LogP contribution in [-0.4, -0.2) is 85.4 Å². The molecule has 0 radical (unpaired) electrons. The van der Waals surface area contributed by atoms with Gasteiger partial charge in [-0.15, -0.1) is 13.2 Å². The number of likely N-dealkylation sites (tertiary alicyclic amines) is 1. The van der Waals surface area contributed by atoms with Crippen LogP contribution < -0.4 is 16.0 Å². The van der Waals surface area contributed by atoms with Gasteiger partial charge in [-0.1, -0.05) is 6.42 Å². The Morgan fingerprint density at radius 3 is 2.47 bits per heavy atom. The molecule has 36 heavy (non-hydrogen) atoms. The monoisotopic (exact) mass is 526 g/mol. The van der Waals surface area contributed by atoms with Crippen LogP contribution in [0.1, 0.15) is 32.1 Å². The van der Waals surface area contributed by atoms with E-state index in [1.165, 1.54) is 0 Å². The van der Waals surface area contributed by atoms with Gasteiger partial charge in [-0.2, -0.15) is 0 Å². The van der Waals surface area contributed by atoms with Crippen LogP contribution in [0.2, 0.25) is 0 Å². The number of amides is 4. The first-order chi connectivity index (χ1) is 16.9. The van der Waals surface area contributed by atoms with Crippen molar-refractivity contribution in [1.29, 1.82) is 0 Å². The van der Waals surface area contributed by atoms with Crippen LogP contribution in [0.5, 0.6) is 0 Å². The summed E-state index contributed by atoms with van der Waals surface area (Å²) in [5.41, 5.74) is 0. The average Bonchev–Trinajstić information content (AvgIpc) is 3.50. The summed E-state index contributed by atoms with van der Waals surface area (Å²) < 4.78 is 65.9. The summed E-state index contributed by atoms with van der Waals surface area (Å²) in [6, 6.07) is -2.74. The van der Waals surface area contributed by atoms with Crippen LogP contribution in [0.25, 0.3) is 0 Å². The number of alkyl halides is 5. The van der Waals surface area contributed by atoms with Crippen molar-refractivity contribution in [2.24, 2.45) is 17.8 Å². The largest absolute Gasteiger partial charge is 0.522 e. The second-order valence-corrected chi connectivity index (χ2v) is 9.13. The van der Waals surface area contributed by atoms with E-state index >= 15 is 0 Å². The van der Waals surface area contributed by atoms with Crippen molar-refractivity contribution < 1.29 is 50.7 Å². The minimum Gasteiger partial charge on any atom is -0.356 e. The fourth-order valence-corrected chi connectivity index (χ4v) is 5.16. The van der Waals surface area contributed by atoms with Gasteiger partial charge >= 0.3 is 18.2 Å². The zero-order chi connectivity index (χ0) is 26.6. The molecule has 2 saturated heterocycles. The van der Waals surface area contributed by atoms with Gasteiger partial charge in [0.05, 0.1) is 12.6 Å². The summed E-state index contributed by atoms with van der Waals surface area (Å²) >= 11 is 0. The van der Waals surface area contributed by atoms with Crippen molar-refractivity contribution >= 4 is 29.4 Å². The highest BCUT2D eigenvalue weighted by Gasteiger charge is 2.51. The van der Waals surface area contributed by atoms with Crippen molar-refractivity contribution in [3.8, 4) is 0 Å². The lowest BCUT2D eigenvalue weighted by Gasteiger charge is -2.29. The number of rotatable bonds is 9. The molecule has 0 bridgehead atoms. The molecule has 3 fully saturated rings. The van der Waals surface area contributed by atoms with E-state index in [1.807, 2.05) is 0 Å². The Morgan fingerprint density at radius 2 is 1.86 bits per heavy atom. The van der Waals surface area contributed by atoms with E-state index in [2.05, 4.69) is 15.4 Å². The average molecular weight is 526 g/mol. The van der Waals surface area contributed by atoms with E-state index in [4.69, 9.17) is 0 Å². The number of hydrogen-bond acceptors (Lipinski definition) is 6. The predicted molar refractivity (Wildman–Crippen MR) is 110 cm³/mol. The Bertz CT molecular complexity index is 885. The molecule has 4 amide bonds. The fraction of sp³-hybridized carbons (Fsp3) is 0.762. The number of ether oxygens (including phenoxy) is 1. The van der Waals surface area contributed by atoms with Gasteiger partial charge in [0.25, 0.3) is 6.43 Å². The van der Waals surface area contributed by atoms with Crippen molar-refractivity contribution in [2.75, 3.05) is 26.2 Å². The smallest absolute Gasteiger partial charge is 0.356 e. The zero-order valence-corrected chi connectivity index (χ0v) is 19.1. The van der Waals surface area contributed by atoms with Gasteiger partial charge in [0.1, 0.15) is 12.6 Å². The molecule has 1 aliphatic carbocycles. The first kappa shape index (κ1) is 27.7. The summed E-state index contributed by atoms with van der Waals surface area (Å²) in [5.74, 6) is -6.17. The summed E-state index contributed by atoms with van der Waals surface area (Å²) in [6.07, 6.45) is -6.04. The number of nitrogens with one attached hydrogen (secondary N) is 3. The van der Waals surface area contributed by atoms with E-state index in [0.29, 0.717) is 25.8 Å². The minimum atomic E-state index is -5.09. The van der Waals surface area contributed by atoms with Gasteiger partial charge in [0, 0.05) is 19.0 Å². The molecule has 5 unspecified atom stereocenters. The number of halogens is 5. The zero-order valence-electron chi connectivity index (χ0n) is 19.1. The third-order valence-electron chi connectivity index (χ3n) is 6.80. The summed E-state index contributed by atoms with van der Waals surface area (Å²) in [4.78, 5) is 63.6. The molecule has 0 aromatic heterocycles. The third-order valence-corrected chi connectivity index (χ3v) is 6.80. The van der Waals surface area contributed by atoms with Crippen LogP contribution in [-0.2, 0) is 28.7 Å². The Morgan fingerprint density at radius 1 is 1.14 bits per heavy atom. The number of carbonyl (C=O) groups excluding carboxylic acids is 5. The number of fused-ring (bicyclic) bond motifs is 1. The Labute approximate surface area is 202 Å². The SMILES string of the molecule is O=C(NCC(F)F)C(=O)N1CC2CCCC2C1C(=O)NC(CC1CCNC1=O)C(=O)COC(F)(F)F. The molecule has 3 N–H and O–H groups in total. The molecule has 15 heteroatoms. The molecule has 2 heterocycles. The van der Waals surface area contributed by atoms with Gasteiger partial charge in [-0.05, 0) is 37.5 Å². The lowest BCUT2D eigenvalue weighted by atomic mass is 9.92. The number of nitrogens with zero attached hydrogens (tertiary/aromatic N) is 1.